The molecule has 2 aromatic rings. The predicted molar refractivity (Wildman–Crippen MR) is 80.3 cm³/mol. The van der Waals surface area contributed by atoms with Crippen LogP contribution in [0.2, 0.25) is 0 Å². The number of benzene rings is 1. The molecule has 1 atom stereocenters. The molecule has 0 aliphatic heterocycles. The number of hydrogen-bond donors (Lipinski definition) is 1. The fourth-order valence-corrected chi connectivity index (χ4v) is 2.77. The summed E-state index contributed by atoms with van der Waals surface area (Å²) >= 11 is 0. The van der Waals surface area contributed by atoms with Gasteiger partial charge in [-0.1, -0.05) is 43.7 Å². The van der Waals surface area contributed by atoms with Crippen LogP contribution in [-0.2, 0) is 10.2 Å². The van der Waals surface area contributed by atoms with Crippen LogP contribution in [-0.4, -0.2) is 10.9 Å². The summed E-state index contributed by atoms with van der Waals surface area (Å²) < 4.78 is 0. The van der Waals surface area contributed by atoms with Gasteiger partial charge < -0.3 is 5.73 Å². The van der Waals surface area contributed by atoms with E-state index in [0.29, 0.717) is 6.42 Å². The summed E-state index contributed by atoms with van der Waals surface area (Å²) in [5, 5.41) is 0. The summed E-state index contributed by atoms with van der Waals surface area (Å²) in [4.78, 5) is 16.5. The van der Waals surface area contributed by atoms with E-state index >= 15 is 0 Å². The van der Waals surface area contributed by atoms with Gasteiger partial charge in [0.2, 0.25) is 5.91 Å². The standard InChI is InChI=1S/C17H20N2O/c1-3-10-17(16(18)20,14-7-5-4-6-8-14)15-9-11-19-13(2)12-15/h4-9,11-12H,3,10H2,1-2H3,(H2,18,20). The van der Waals surface area contributed by atoms with Gasteiger partial charge in [0.05, 0.1) is 5.41 Å². The van der Waals surface area contributed by atoms with Gasteiger partial charge in [0.25, 0.3) is 0 Å². The van der Waals surface area contributed by atoms with Crippen molar-refractivity contribution in [1.29, 1.82) is 0 Å². The second-order valence-corrected chi connectivity index (χ2v) is 5.07. The minimum atomic E-state index is -0.774. The minimum absolute atomic E-state index is 0.309. The van der Waals surface area contributed by atoms with Crippen LogP contribution in [0.1, 0.15) is 36.6 Å². The van der Waals surface area contributed by atoms with E-state index in [0.717, 1.165) is 23.2 Å². The number of hydrogen-bond acceptors (Lipinski definition) is 2. The fourth-order valence-electron chi connectivity index (χ4n) is 2.77. The first-order valence-electron chi connectivity index (χ1n) is 6.90. The van der Waals surface area contributed by atoms with Crippen molar-refractivity contribution in [2.45, 2.75) is 32.1 Å². The zero-order chi connectivity index (χ0) is 14.6. The van der Waals surface area contributed by atoms with E-state index in [-0.39, 0.29) is 5.91 Å². The van der Waals surface area contributed by atoms with Gasteiger partial charge in [0.1, 0.15) is 0 Å². The fraction of sp³-hybridized carbons (Fsp3) is 0.294. The van der Waals surface area contributed by atoms with Crippen molar-refractivity contribution in [2.24, 2.45) is 5.73 Å². The van der Waals surface area contributed by atoms with Gasteiger partial charge in [0.15, 0.2) is 0 Å². The molecule has 0 aliphatic rings. The van der Waals surface area contributed by atoms with Crippen molar-refractivity contribution in [1.82, 2.24) is 4.98 Å². The number of primary amides is 1. The van der Waals surface area contributed by atoms with Crippen LogP contribution >= 0.6 is 0 Å². The third-order valence-electron chi connectivity index (χ3n) is 3.70. The molecule has 20 heavy (non-hydrogen) atoms. The Bertz CT molecular complexity index is 595. The Morgan fingerprint density at radius 3 is 2.45 bits per heavy atom. The average molecular weight is 268 g/mol. The van der Waals surface area contributed by atoms with Crippen molar-refractivity contribution in [3.8, 4) is 0 Å². The molecule has 2 N–H and O–H groups in total. The largest absolute Gasteiger partial charge is 0.369 e. The molecule has 1 aromatic carbocycles. The smallest absolute Gasteiger partial charge is 0.232 e. The number of rotatable bonds is 5. The third kappa shape index (κ3) is 2.44. The highest BCUT2D eigenvalue weighted by atomic mass is 16.1. The van der Waals surface area contributed by atoms with Crippen LogP contribution < -0.4 is 5.73 Å². The van der Waals surface area contributed by atoms with Gasteiger partial charge >= 0.3 is 0 Å². The lowest BCUT2D eigenvalue weighted by Gasteiger charge is -2.31. The number of amides is 1. The number of aryl methyl sites for hydroxylation is 1. The van der Waals surface area contributed by atoms with Crippen molar-refractivity contribution in [3.05, 3.63) is 65.5 Å². The van der Waals surface area contributed by atoms with E-state index in [1.54, 1.807) is 6.20 Å². The van der Waals surface area contributed by atoms with E-state index < -0.39 is 5.41 Å². The number of pyridine rings is 1. The second-order valence-electron chi connectivity index (χ2n) is 5.07. The van der Waals surface area contributed by atoms with Crippen LogP contribution in [0.4, 0.5) is 0 Å². The van der Waals surface area contributed by atoms with Gasteiger partial charge in [-0.3, -0.25) is 9.78 Å². The molecule has 104 valence electrons. The molecule has 0 fully saturated rings. The average Bonchev–Trinajstić information content (AvgIpc) is 2.45. The Hall–Kier alpha value is -2.16. The van der Waals surface area contributed by atoms with Crippen LogP contribution in [0.3, 0.4) is 0 Å². The molecule has 0 bridgehead atoms. The zero-order valence-electron chi connectivity index (χ0n) is 12.0. The van der Waals surface area contributed by atoms with Crippen molar-refractivity contribution in [2.75, 3.05) is 0 Å². The number of aromatic nitrogens is 1. The van der Waals surface area contributed by atoms with Crippen LogP contribution in [0.25, 0.3) is 0 Å². The highest BCUT2D eigenvalue weighted by Crippen LogP contribution is 2.36. The minimum Gasteiger partial charge on any atom is -0.369 e. The Balaban J connectivity index is 2.68. The van der Waals surface area contributed by atoms with E-state index in [1.807, 2.05) is 49.4 Å². The first-order chi connectivity index (χ1) is 9.61. The lowest BCUT2D eigenvalue weighted by molar-refractivity contribution is -0.122. The normalized spacial score (nSPS) is 13.7. The molecule has 1 aromatic heterocycles. The Kier molecular flexibility index (Phi) is 4.18. The third-order valence-corrected chi connectivity index (χ3v) is 3.70. The molecule has 0 saturated heterocycles. The molecule has 3 nitrogen and oxygen atoms in total. The molecule has 1 amide bonds. The van der Waals surface area contributed by atoms with E-state index in [1.165, 1.54) is 0 Å². The number of nitrogens with zero attached hydrogens (tertiary/aromatic N) is 1. The summed E-state index contributed by atoms with van der Waals surface area (Å²) in [7, 11) is 0. The maximum atomic E-state index is 12.3. The highest BCUT2D eigenvalue weighted by molar-refractivity contribution is 5.90. The number of carbonyl (C=O) groups is 1. The Morgan fingerprint density at radius 1 is 1.20 bits per heavy atom. The summed E-state index contributed by atoms with van der Waals surface area (Å²) in [6.45, 7) is 3.99. The van der Waals surface area contributed by atoms with Crippen LogP contribution in [0.15, 0.2) is 48.7 Å². The van der Waals surface area contributed by atoms with Gasteiger partial charge in [-0.25, -0.2) is 0 Å². The topological polar surface area (TPSA) is 56.0 Å². The lowest BCUT2D eigenvalue weighted by Crippen LogP contribution is -2.42. The molecule has 1 heterocycles. The SMILES string of the molecule is CCCC(C(N)=O)(c1ccccc1)c1ccnc(C)c1. The maximum Gasteiger partial charge on any atom is 0.232 e. The van der Waals surface area contributed by atoms with Gasteiger partial charge in [-0.15, -0.1) is 0 Å². The second kappa shape index (κ2) is 5.87. The quantitative estimate of drug-likeness (QED) is 0.906. The van der Waals surface area contributed by atoms with Crippen molar-refractivity contribution in [3.63, 3.8) is 0 Å². The molecule has 0 spiro atoms. The van der Waals surface area contributed by atoms with Crippen molar-refractivity contribution < 1.29 is 4.79 Å². The first kappa shape index (κ1) is 14.3. The first-order valence-corrected chi connectivity index (χ1v) is 6.90. The zero-order valence-corrected chi connectivity index (χ0v) is 12.0. The summed E-state index contributed by atoms with van der Waals surface area (Å²) in [5.74, 6) is -0.309. The molecular formula is C17H20N2O. The highest BCUT2D eigenvalue weighted by Gasteiger charge is 2.39. The Labute approximate surface area is 119 Å². The number of nitrogens with two attached hydrogens (primary N) is 1. The van der Waals surface area contributed by atoms with E-state index in [2.05, 4.69) is 11.9 Å². The van der Waals surface area contributed by atoms with E-state index in [4.69, 9.17) is 5.73 Å². The summed E-state index contributed by atoms with van der Waals surface area (Å²) in [5.41, 5.74) is 7.79. The summed E-state index contributed by atoms with van der Waals surface area (Å²) in [6.07, 6.45) is 3.30. The maximum absolute atomic E-state index is 12.3. The van der Waals surface area contributed by atoms with Gasteiger partial charge in [-0.05, 0) is 36.6 Å². The monoisotopic (exact) mass is 268 g/mol. The Morgan fingerprint density at radius 2 is 1.90 bits per heavy atom. The lowest BCUT2D eigenvalue weighted by atomic mass is 9.71. The van der Waals surface area contributed by atoms with Crippen LogP contribution in [0, 0.1) is 6.92 Å². The van der Waals surface area contributed by atoms with Gasteiger partial charge in [0, 0.05) is 11.9 Å². The van der Waals surface area contributed by atoms with E-state index in [9.17, 15) is 4.79 Å². The van der Waals surface area contributed by atoms with Crippen LogP contribution in [0.5, 0.6) is 0 Å². The molecular weight excluding hydrogens is 248 g/mol. The molecule has 0 radical (unpaired) electrons. The predicted octanol–water partition coefficient (Wildman–Crippen LogP) is 2.96. The molecule has 2 rings (SSSR count). The summed E-state index contributed by atoms with van der Waals surface area (Å²) in [6, 6.07) is 13.6. The number of carbonyl (C=O) groups excluding carboxylic acids is 1. The molecule has 0 saturated carbocycles. The molecule has 1 unspecified atom stereocenters. The molecule has 0 aliphatic carbocycles. The molecule has 3 heteroatoms. The van der Waals surface area contributed by atoms with Gasteiger partial charge in [-0.2, -0.15) is 0 Å². The van der Waals surface area contributed by atoms with Crippen molar-refractivity contribution >= 4 is 5.91 Å².